The van der Waals surface area contributed by atoms with Crippen LogP contribution >= 0.6 is 0 Å². The van der Waals surface area contributed by atoms with E-state index in [9.17, 15) is 18.0 Å². The second-order valence-electron chi connectivity index (χ2n) is 5.75. The van der Waals surface area contributed by atoms with Crippen LogP contribution in [-0.2, 0) is 24.3 Å². The maximum atomic E-state index is 12.5. The molecule has 9 heteroatoms. The molecule has 1 atom stereocenters. The maximum Gasteiger partial charge on any atom is 0.323 e. The molecule has 1 amide bonds. The molecule has 23 heavy (non-hydrogen) atoms. The molecule has 1 unspecified atom stereocenters. The van der Waals surface area contributed by atoms with Crippen molar-refractivity contribution in [3.8, 4) is 0 Å². The number of piperidine rings is 1. The number of sulfonamides is 1. The number of hydrogen-bond donors (Lipinski definition) is 1. The highest BCUT2D eigenvalue weighted by Gasteiger charge is 2.34. The minimum absolute atomic E-state index is 0.0420. The molecule has 0 aromatic rings. The van der Waals surface area contributed by atoms with Gasteiger partial charge in [0.1, 0.15) is 6.54 Å². The molecule has 1 heterocycles. The molecule has 0 aromatic carbocycles. The molecule has 0 bridgehead atoms. The highest BCUT2D eigenvalue weighted by Crippen LogP contribution is 2.21. The second-order valence-corrected chi connectivity index (χ2v) is 8.00. The van der Waals surface area contributed by atoms with Crippen molar-refractivity contribution in [2.24, 2.45) is 5.92 Å². The van der Waals surface area contributed by atoms with Crippen molar-refractivity contribution in [2.75, 3.05) is 39.1 Å². The largest absolute Gasteiger partial charge is 0.480 e. The molecule has 0 radical (unpaired) electrons. The topological polar surface area (TPSA) is 104 Å². The molecule has 1 fully saturated rings. The maximum absolute atomic E-state index is 12.5. The molecule has 0 aliphatic carbocycles. The summed E-state index contributed by atoms with van der Waals surface area (Å²) >= 11 is 0. The van der Waals surface area contributed by atoms with Crippen molar-refractivity contribution >= 4 is 21.9 Å². The number of ether oxygens (including phenoxy) is 1. The van der Waals surface area contributed by atoms with Crippen LogP contribution in [0, 0.1) is 5.92 Å². The Labute approximate surface area is 137 Å². The summed E-state index contributed by atoms with van der Waals surface area (Å²) in [5.74, 6) is -1.74. The third kappa shape index (κ3) is 5.43. The van der Waals surface area contributed by atoms with Crippen LogP contribution in [0.1, 0.15) is 26.7 Å². The third-order valence-corrected chi connectivity index (χ3v) is 5.93. The van der Waals surface area contributed by atoms with Crippen LogP contribution in [0.2, 0.25) is 0 Å². The van der Waals surface area contributed by atoms with Gasteiger partial charge in [-0.15, -0.1) is 0 Å². The zero-order valence-electron chi connectivity index (χ0n) is 13.9. The lowest BCUT2D eigenvalue weighted by molar-refractivity contribution is -0.149. The van der Waals surface area contributed by atoms with Crippen LogP contribution in [0.5, 0.6) is 0 Å². The fourth-order valence-corrected chi connectivity index (χ4v) is 3.88. The molecule has 8 nitrogen and oxygen atoms in total. The quantitative estimate of drug-likeness (QED) is 0.660. The van der Waals surface area contributed by atoms with E-state index in [0.717, 1.165) is 0 Å². The molecule has 0 spiro atoms. The van der Waals surface area contributed by atoms with E-state index in [1.54, 1.807) is 13.8 Å². The van der Waals surface area contributed by atoms with Gasteiger partial charge in [0, 0.05) is 26.2 Å². The van der Waals surface area contributed by atoms with Crippen LogP contribution in [0.4, 0.5) is 0 Å². The normalized spacial score (nSPS) is 18.6. The van der Waals surface area contributed by atoms with Gasteiger partial charge in [0.05, 0.1) is 18.3 Å². The zero-order valence-corrected chi connectivity index (χ0v) is 14.7. The van der Waals surface area contributed by atoms with Gasteiger partial charge < -0.3 is 14.7 Å². The minimum Gasteiger partial charge on any atom is -0.480 e. The first-order valence-corrected chi connectivity index (χ1v) is 9.32. The van der Waals surface area contributed by atoms with Gasteiger partial charge >= 0.3 is 5.97 Å². The van der Waals surface area contributed by atoms with Gasteiger partial charge in [-0.3, -0.25) is 9.59 Å². The highest BCUT2D eigenvalue weighted by molar-refractivity contribution is 7.89. The average molecular weight is 350 g/mol. The third-order valence-electron chi connectivity index (χ3n) is 4.05. The van der Waals surface area contributed by atoms with Gasteiger partial charge in [-0.2, -0.15) is 0 Å². The number of nitrogens with zero attached hydrogens (tertiary/aromatic N) is 2. The Morgan fingerprint density at radius 1 is 1.35 bits per heavy atom. The molecule has 134 valence electrons. The van der Waals surface area contributed by atoms with Crippen molar-refractivity contribution < 1.29 is 27.9 Å². The fourth-order valence-electron chi connectivity index (χ4n) is 2.75. The number of carbonyl (C=O) groups excluding carboxylic acids is 1. The van der Waals surface area contributed by atoms with Gasteiger partial charge in [-0.1, -0.05) is 6.92 Å². The average Bonchev–Trinajstić information content (AvgIpc) is 2.52. The molecule has 1 N–H and O–H groups in total. The second kappa shape index (κ2) is 8.60. The number of carboxylic acids is 1. The minimum atomic E-state index is -3.25. The van der Waals surface area contributed by atoms with Crippen molar-refractivity contribution in [3.63, 3.8) is 0 Å². The molecule has 0 aromatic heterocycles. The van der Waals surface area contributed by atoms with E-state index in [4.69, 9.17) is 9.84 Å². The molecule has 0 saturated carbocycles. The summed E-state index contributed by atoms with van der Waals surface area (Å²) in [6.45, 7) is 3.74. The van der Waals surface area contributed by atoms with Crippen molar-refractivity contribution in [1.29, 1.82) is 0 Å². The fraction of sp³-hybridized carbons (Fsp3) is 0.857. The first kappa shape index (κ1) is 19.9. The van der Waals surface area contributed by atoms with Crippen LogP contribution in [-0.4, -0.2) is 79.8 Å². The van der Waals surface area contributed by atoms with E-state index in [-0.39, 0.29) is 30.9 Å². The Kier molecular flexibility index (Phi) is 7.43. The van der Waals surface area contributed by atoms with Crippen LogP contribution < -0.4 is 0 Å². The predicted molar refractivity (Wildman–Crippen MR) is 84.4 cm³/mol. The van der Waals surface area contributed by atoms with Gasteiger partial charge in [-0.25, -0.2) is 12.7 Å². The summed E-state index contributed by atoms with van der Waals surface area (Å²) < 4.78 is 30.1. The molecule has 1 saturated heterocycles. The Morgan fingerprint density at radius 3 is 2.35 bits per heavy atom. The van der Waals surface area contributed by atoms with Gasteiger partial charge in [0.25, 0.3) is 0 Å². The number of aliphatic carboxylic acids is 1. The first-order chi connectivity index (χ1) is 10.7. The van der Waals surface area contributed by atoms with Crippen LogP contribution in [0.15, 0.2) is 0 Å². The standard InChI is InChI=1S/C14H26N2O6S/c1-4-23(20,21)15-7-5-12(6-8-15)16(9-13(17)18)14(19)11(2)10-22-3/h11-12H,4-10H2,1-3H3,(H,17,18). The summed E-state index contributed by atoms with van der Waals surface area (Å²) in [5.41, 5.74) is 0. The van der Waals surface area contributed by atoms with Gasteiger partial charge in [-0.05, 0) is 19.8 Å². The smallest absolute Gasteiger partial charge is 0.323 e. The van der Waals surface area contributed by atoms with Crippen molar-refractivity contribution in [2.45, 2.75) is 32.7 Å². The molecule has 1 aliphatic heterocycles. The molecule has 1 aliphatic rings. The van der Waals surface area contributed by atoms with E-state index in [0.29, 0.717) is 25.9 Å². The number of rotatable bonds is 8. The highest BCUT2D eigenvalue weighted by atomic mass is 32.2. The van der Waals surface area contributed by atoms with Crippen LogP contribution in [0.3, 0.4) is 0 Å². The number of carbonyl (C=O) groups is 2. The summed E-state index contributed by atoms with van der Waals surface area (Å²) in [4.78, 5) is 24.9. The van der Waals surface area contributed by atoms with E-state index >= 15 is 0 Å². The SMILES string of the molecule is CCS(=O)(=O)N1CCC(N(CC(=O)O)C(=O)C(C)COC)CC1. The van der Waals surface area contributed by atoms with Crippen LogP contribution in [0.25, 0.3) is 0 Å². The lowest BCUT2D eigenvalue weighted by atomic mass is 10.0. The lowest BCUT2D eigenvalue weighted by Gasteiger charge is -2.38. The van der Waals surface area contributed by atoms with E-state index < -0.39 is 21.9 Å². The molecular formula is C14H26N2O6S. The first-order valence-electron chi connectivity index (χ1n) is 7.72. The number of amides is 1. The molecular weight excluding hydrogens is 324 g/mol. The van der Waals surface area contributed by atoms with E-state index in [2.05, 4.69) is 0 Å². The van der Waals surface area contributed by atoms with Crippen molar-refractivity contribution in [3.05, 3.63) is 0 Å². The Morgan fingerprint density at radius 2 is 1.91 bits per heavy atom. The van der Waals surface area contributed by atoms with E-state index in [1.165, 1.54) is 16.3 Å². The van der Waals surface area contributed by atoms with Gasteiger partial charge in [0.2, 0.25) is 15.9 Å². The Balaban J connectivity index is 2.78. The zero-order chi connectivity index (χ0) is 17.6. The number of hydrogen-bond acceptors (Lipinski definition) is 5. The summed E-state index contributed by atoms with van der Waals surface area (Å²) in [6, 6.07) is -0.263. The predicted octanol–water partition coefficient (Wildman–Crippen LogP) is -0.00380. The summed E-state index contributed by atoms with van der Waals surface area (Å²) in [5, 5.41) is 9.06. The number of methoxy groups -OCH3 is 1. The van der Waals surface area contributed by atoms with E-state index in [1.807, 2.05) is 0 Å². The Bertz CT molecular complexity index is 513. The monoisotopic (exact) mass is 350 g/mol. The molecule has 1 rings (SSSR count). The number of carboxylic acid groups (broad SMARTS) is 1. The lowest BCUT2D eigenvalue weighted by Crippen LogP contribution is -2.52. The Hall–Kier alpha value is -1.19. The summed E-state index contributed by atoms with van der Waals surface area (Å²) in [7, 11) is -1.76. The summed E-state index contributed by atoms with van der Waals surface area (Å²) in [6.07, 6.45) is 0.885. The van der Waals surface area contributed by atoms with Crippen molar-refractivity contribution in [1.82, 2.24) is 9.21 Å². The van der Waals surface area contributed by atoms with Gasteiger partial charge in [0.15, 0.2) is 0 Å².